The molecule has 0 bridgehead atoms. The zero-order chi connectivity index (χ0) is 19.7. The van der Waals surface area contributed by atoms with Gasteiger partial charge in [-0.15, -0.1) is 6.58 Å². The fraction of sp³-hybridized carbons (Fsp3) is 0.0476. The topological polar surface area (TPSA) is 75.4 Å². The second kappa shape index (κ2) is 7.21. The van der Waals surface area contributed by atoms with Crippen molar-refractivity contribution in [1.29, 1.82) is 0 Å². The van der Waals surface area contributed by atoms with Crippen LogP contribution in [-0.4, -0.2) is 33.5 Å². The first-order valence-corrected chi connectivity index (χ1v) is 8.94. The molecule has 4 rings (SSSR count). The second-order valence-electron chi connectivity index (χ2n) is 6.18. The number of hydrogen-bond donors (Lipinski definition) is 1. The largest absolute Gasteiger partial charge is 0.355 e. The van der Waals surface area contributed by atoms with Gasteiger partial charge in [0.25, 0.3) is 11.8 Å². The lowest BCUT2D eigenvalue weighted by molar-refractivity contribution is -0.128. The fourth-order valence-corrected chi connectivity index (χ4v) is 3.25. The molecule has 0 radical (unpaired) electrons. The molecule has 0 unspecified atom stereocenters. The van der Waals surface area contributed by atoms with Crippen molar-refractivity contribution in [3.8, 4) is 11.3 Å². The van der Waals surface area contributed by atoms with Crippen molar-refractivity contribution in [2.75, 3.05) is 6.54 Å². The number of benzene rings is 2. The maximum atomic E-state index is 12.7. The number of carbonyl (C=O) groups excluding carboxylic acids is 2. The van der Waals surface area contributed by atoms with Crippen LogP contribution in [0.5, 0.6) is 0 Å². The highest BCUT2D eigenvalue weighted by atomic mass is 32.1. The van der Waals surface area contributed by atoms with E-state index in [2.05, 4.69) is 17.1 Å². The first kappa shape index (κ1) is 17.8. The average molecular weight is 389 g/mol. The molecule has 1 saturated heterocycles. The summed E-state index contributed by atoms with van der Waals surface area (Å²) in [6.07, 6.45) is 3.09. The van der Waals surface area contributed by atoms with Crippen molar-refractivity contribution in [2.45, 2.75) is 0 Å². The van der Waals surface area contributed by atoms with Crippen molar-refractivity contribution in [1.82, 2.24) is 15.4 Å². The lowest BCUT2D eigenvalue weighted by atomic mass is 10.0. The molecule has 28 heavy (non-hydrogen) atoms. The first-order chi connectivity index (χ1) is 13.6. The number of fused-ring (bicyclic) bond motifs is 1. The van der Waals surface area contributed by atoms with Crippen LogP contribution < -0.4 is 5.32 Å². The monoisotopic (exact) mass is 389 g/mol. The Kier molecular flexibility index (Phi) is 4.58. The minimum absolute atomic E-state index is 0.00696. The highest BCUT2D eigenvalue weighted by Gasteiger charge is 2.32. The van der Waals surface area contributed by atoms with Gasteiger partial charge in [-0.1, -0.05) is 47.6 Å². The Labute approximate surface area is 166 Å². The maximum Gasteiger partial charge on any atom is 0.265 e. The van der Waals surface area contributed by atoms with Gasteiger partial charge in [-0.05, 0) is 36.0 Å². The predicted octanol–water partition coefficient (Wildman–Crippen LogP) is 3.31. The van der Waals surface area contributed by atoms with Crippen molar-refractivity contribution < 1.29 is 14.1 Å². The molecule has 1 aliphatic rings. The van der Waals surface area contributed by atoms with E-state index in [-0.39, 0.29) is 17.2 Å². The van der Waals surface area contributed by atoms with Gasteiger partial charge in [0.05, 0.1) is 5.39 Å². The van der Waals surface area contributed by atoms with Crippen molar-refractivity contribution in [2.24, 2.45) is 0 Å². The number of aromatic nitrogens is 1. The molecule has 0 aliphatic carbocycles. The standard InChI is InChI=1S/C21H15N3O3S/c1-2-10-24-20(26)16(19(25)22-21(24)28)12-13-8-9-17-15(11-13)18(27-23-17)14-6-4-3-5-7-14/h2-9,11-12H,1,10H2,(H,22,25,28). The number of thiocarbonyl (C=S) groups is 1. The van der Waals surface area contributed by atoms with Crippen LogP contribution in [0.2, 0.25) is 0 Å². The third-order valence-electron chi connectivity index (χ3n) is 4.34. The van der Waals surface area contributed by atoms with E-state index >= 15 is 0 Å². The first-order valence-electron chi connectivity index (χ1n) is 8.53. The van der Waals surface area contributed by atoms with Crippen molar-refractivity contribution >= 4 is 46.1 Å². The molecule has 7 heteroatoms. The smallest absolute Gasteiger partial charge is 0.265 e. The number of nitrogens with one attached hydrogen (secondary N) is 1. The third kappa shape index (κ3) is 3.12. The van der Waals surface area contributed by atoms with E-state index in [1.807, 2.05) is 36.4 Å². The number of nitrogens with zero attached hydrogens (tertiary/aromatic N) is 2. The minimum atomic E-state index is -0.524. The van der Waals surface area contributed by atoms with E-state index in [1.165, 1.54) is 11.0 Å². The molecule has 0 spiro atoms. The van der Waals surface area contributed by atoms with Gasteiger partial charge in [0, 0.05) is 12.1 Å². The number of carbonyl (C=O) groups is 2. The summed E-state index contributed by atoms with van der Waals surface area (Å²) in [7, 11) is 0. The lowest BCUT2D eigenvalue weighted by Crippen LogP contribution is -2.53. The summed E-state index contributed by atoms with van der Waals surface area (Å²) in [6.45, 7) is 3.84. The zero-order valence-electron chi connectivity index (χ0n) is 14.7. The third-order valence-corrected chi connectivity index (χ3v) is 4.67. The van der Waals surface area contributed by atoms with Crippen LogP contribution in [0.1, 0.15) is 5.56 Å². The molecule has 0 atom stereocenters. The van der Waals surface area contributed by atoms with Gasteiger partial charge in [0.1, 0.15) is 11.1 Å². The predicted molar refractivity (Wildman–Crippen MR) is 110 cm³/mol. The molecule has 138 valence electrons. The molecule has 2 amide bonds. The van der Waals surface area contributed by atoms with Crippen LogP contribution >= 0.6 is 12.2 Å². The summed E-state index contributed by atoms with van der Waals surface area (Å²) >= 11 is 5.06. The molecule has 1 N–H and O–H groups in total. The summed E-state index contributed by atoms with van der Waals surface area (Å²) in [5, 5.41) is 7.49. The van der Waals surface area contributed by atoms with Crippen LogP contribution in [-0.2, 0) is 9.59 Å². The molecule has 2 aromatic carbocycles. The Hall–Kier alpha value is -3.58. The number of amides is 2. The summed E-state index contributed by atoms with van der Waals surface area (Å²) in [4.78, 5) is 26.3. The molecular weight excluding hydrogens is 374 g/mol. The van der Waals surface area contributed by atoms with Crippen LogP contribution in [0, 0.1) is 0 Å². The highest BCUT2D eigenvalue weighted by Crippen LogP contribution is 2.30. The van der Waals surface area contributed by atoms with Crippen LogP contribution in [0.3, 0.4) is 0 Å². The Morgan fingerprint density at radius 2 is 1.96 bits per heavy atom. The van der Waals surface area contributed by atoms with E-state index in [9.17, 15) is 9.59 Å². The minimum Gasteiger partial charge on any atom is -0.355 e. The van der Waals surface area contributed by atoms with Gasteiger partial charge in [-0.2, -0.15) is 0 Å². The van der Waals surface area contributed by atoms with Gasteiger partial charge in [-0.25, -0.2) is 0 Å². The molecule has 1 fully saturated rings. The van der Waals surface area contributed by atoms with Crippen LogP contribution in [0.4, 0.5) is 0 Å². The average Bonchev–Trinajstić information content (AvgIpc) is 3.12. The summed E-state index contributed by atoms with van der Waals surface area (Å²) < 4.78 is 5.50. The quantitative estimate of drug-likeness (QED) is 0.321. The molecule has 3 aromatic rings. The highest BCUT2D eigenvalue weighted by molar-refractivity contribution is 7.80. The van der Waals surface area contributed by atoms with E-state index in [0.29, 0.717) is 16.8 Å². The van der Waals surface area contributed by atoms with Crippen LogP contribution in [0.25, 0.3) is 28.3 Å². The van der Waals surface area contributed by atoms with Gasteiger partial charge in [-0.3, -0.25) is 19.8 Å². The van der Waals surface area contributed by atoms with E-state index in [4.69, 9.17) is 16.7 Å². The summed E-state index contributed by atoms with van der Waals surface area (Å²) in [5.41, 5.74) is 2.27. The second-order valence-corrected chi connectivity index (χ2v) is 6.56. The van der Waals surface area contributed by atoms with E-state index in [0.717, 1.165) is 10.9 Å². The van der Waals surface area contributed by atoms with Crippen molar-refractivity contribution in [3.05, 3.63) is 72.3 Å². The normalized spacial score (nSPS) is 15.9. The maximum absolute atomic E-state index is 12.7. The molecule has 0 saturated carbocycles. The molecular formula is C21H15N3O3S. The number of rotatable bonds is 4. The molecule has 1 aromatic heterocycles. The van der Waals surface area contributed by atoms with E-state index in [1.54, 1.807) is 18.2 Å². The number of hydrogen-bond acceptors (Lipinski definition) is 5. The van der Waals surface area contributed by atoms with Gasteiger partial charge in [0.15, 0.2) is 10.9 Å². The zero-order valence-corrected chi connectivity index (χ0v) is 15.5. The fourth-order valence-electron chi connectivity index (χ4n) is 3.00. The Bertz CT molecular complexity index is 1150. The van der Waals surface area contributed by atoms with Crippen molar-refractivity contribution in [3.63, 3.8) is 0 Å². The van der Waals surface area contributed by atoms with E-state index < -0.39 is 11.8 Å². The van der Waals surface area contributed by atoms with Gasteiger partial charge >= 0.3 is 0 Å². The molecule has 6 nitrogen and oxygen atoms in total. The van der Waals surface area contributed by atoms with Crippen LogP contribution in [0.15, 0.2) is 71.3 Å². The molecule has 2 heterocycles. The SMILES string of the molecule is C=CCN1C(=O)C(=Cc2ccc3noc(-c4ccccc4)c3c2)C(=O)NC1=S. The summed E-state index contributed by atoms with van der Waals surface area (Å²) in [5.74, 6) is -0.351. The Balaban J connectivity index is 1.77. The van der Waals surface area contributed by atoms with Gasteiger partial charge < -0.3 is 4.52 Å². The Morgan fingerprint density at radius 3 is 2.71 bits per heavy atom. The summed E-state index contributed by atoms with van der Waals surface area (Å²) in [6, 6.07) is 15.0. The van der Waals surface area contributed by atoms with Gasteiger partial charge in [0.2, 0.25) is 0 Å². The lowest BCUT2D eigenvalue weighted by Gasteiger charge is -2.27. The molecule has 1 aliphatic heterocycles. The Morgan fingerprint density at radius 1 is 1.18 bits per heavy atom.